The number of nitrogens with one attached hydrogen (secondary N) is 3. The van der Waals surface area contributed by atoms with Gasteiger partial charge in [-0.1, -0.05) is 0 Å². The lowest BCUT2D eigenvalue weighted by molar-refractivity contribution is 0.305. The molecule has 0 radical (unpaired) electrons. The number of aliphatic hydroxyl groups excluding tert-OH is 1. The molecule has 9 nitrogen and oxygen atoms in total. The molecule has 18 heavy (non-hydrogen) atoms. The Morgan fingerprint density at radius 3 is 3.06 bits per heavy atom. The third-order valence-corrected chi connectivity index (χ3v) is 2.11. The van der Waals surface area contributed by atoms with E-state index >= 15 is 0 Å². The van der Waals surface area contributed by atoms with E-state index in [-0.39, 0.29) is 19.7 Å². The van der Waals surface area contributed by atoms with Gasteiger partial charge in [-0.3, -0.25) is 15.6 Å². The van der Waals surface area contributed by atoms with Crippen molar-refractivity contribution in [3.05, 3.63) is 0 Å². The molecule has 0 saturated carbocycles. The first kappa shape index (κ1) is 13.7. The van der Waals surface area contributed by atoms with E-state index in [2.05, 4.69) is 25.9 Å². The summed E-state index contributed by atoms with van der Waals surface area (Å²) in [6, 6.07) is 0. The molecular weight excluding hydrogens is 236 g/mol. The minimum absolute atomic E-state index is 0.0941. The number of aliphatic hydroxyl groups is 1. The van der Waals surface area contributed by atoms with Crippen LogP contribution >= 0.6 is 0 Å². The van der Waals surface area contributed by atoms with Gasteiger partial charge in [0.05, 0.1) is 19.9 Å². The van der Waals surface area contributed by atoms with Crippen LogP contribution in [0.15, 0.2) is 9.98 Å². The van der Waals surface area contributed by atoms with Gasteiger partial charge in [0.25, 0.3) is 0 Å². The zero-order valence-electron chi connectivity index (χ0n) is 9.72. The van der Waals surface area contributed by atoms with Crippen molar-refractivity contribution >= 4 is 11.8 Å². The third-order valence-electron chi connectivity index (χ3n) is 2.11. The maximum atomic E-state index is 8.80. The Hall–Kier alpha value is -2.36. The quantitative estimate of drug-likeness (QED) is 0.197. The molecule has 0 aromatic rings. The van der Waals surface area contributed by atoms with Gasteiger partial charge in [0, 0.05) is 6.42 Å². The van der Waals surface area contributed by atoms with E-state index in [0.29, 0.717) is 25.1 Å². The lowest BCUT2D eigenvalue weighted by Gasteiger charge is -2.29. The molecule has 0 aromatic carbocycles. The topological polar surface area (TPSA) is 132 Å². The van der Waals surface area contributed by atoms with Crippen LogP contribution in [0.5, 0.6) is 0 Å². The van der Waals surface area contributed by atoms with Crippen molar-refractivity contribution < 1.29 is 5.11 Å². The molecule has 0 spiro atoms. The second-order valence-corrected chi connectivity index (χ2v) is 3.29. The fraction of sp³-hybridized carbons (Fsp3) is 0.556. The van der Waals surface area contributed by atoms with Gasteiger partial charge in [-0.05, 0) is 0 Å². The number of nitriles is 2. The van der Waals surface area contributed by atoms with Gasteiger partial charge in [0.15, 0.2) is 6.19 Å². The highest BCUT2D eigenvalue weighted by Gasteiger charge is 2.14. The van der Waals surface area contributed by atoms with Crippen molar-refractivity contribution in [1.29, 1.82) is 10.5 Å². The summed E-state index contributed by atoms with van der Waals surface area (Å²) in [5, 5.41) is 34.2. The lowest BCUT2D eigenvalue weighted by Crippen LogP contribution is -2.55. The molecule has 0 unspecified atom stereocenters. The van der Waals surface area contributed by atoms with Crippen molar-refractivity contribution in [1.82, 2.24) is 20.9 Å². The van der Waals surface area contributed by atoms with Crippen molar-refractivity contribution in [2.24, 2.45) is 9.98 Å². The number of hydrogen-bond acceptors (Lipinski definition) is 6. The highest BCUT2D eigenvalue weighted by atomic mass is 16.3. The number of amidine groups is 1. The van der Waals surface area contributed by atoms with Gasteiger partial charge >= 0.3 is 0 Å². The van der Waals surface area contributed by atoms with Crippen molar-refractivity contribution in [3.8, 4) is 12.4 Å². The number of aliphatic imine (C=N–C) groups is 2. The van der Waals surface area contributed by atoms with Gasteiger partial charge in [-0.25, -0.2) is 0 Å². The SMILES string of the molecule is N#CN=C1NCNCN1CN=C(CCO)NC#N. The van der Waals surface area contributed by atoms with Gasteiger partial charge in [0.2, 0.25) is 12.2 Å². The smallest absolute Gasteiger partial charge is 0.213 e. The van der Waals surface area contributed by atoms with Gasteiger partial charge in [0.1, 0.15) is 12.5 Å². The predicted octanol–water partition coefficient (Wildman–Crippen LogP) is -1.96. The molecule has 0 aromatic heterocycles. The number of nitrogens with zero attached hydrogens (tertiary/aromatic N) is 5. The Balaban J connectivity index is 2.63. The minimum atomic E-state index is -0.0941. The van der Waals surface area contributed by atoms with E-state index in [1.54, 1.807) is 17.3 Å². The van der Waals surface area contributed by atoms with Crippen LogP contribution in [0.2, 0.25) is 0 Å². The van der Waals surface area contributed by atoms with E-state index in [0.717, 1.165) is 0 Å². The zero-order valence-corrected chi connectivity index (χ0v) is 9.72. The predicted molar refractivity (Wildman–Crippen MR) is 63.6 cm³/mol. The normalized spacial score (nSPS) is 17.8. The lowest BCUT2D eigenvalue weighted by atomic mass is 10.4. The van der Waals surface area contributed by atoms with Gasteiger partial charge in [-0.2, -0.15) is 10.5 Å². The molecule has 1 saturated heterocycles. The fourth-order valence-corrected chi connectivity index (χ4v) is 1.32. The molecule has 1 aliphatic heterocycles. The average Bonchev–Trinajstić information content (AvgIpc) is 2.38. The second kappa shape index (κ2) is 7.84. The molecule has 9 heteroatoms. The number of hydrogen-bond donors (Lipinski definition) is 4. The summed E-state index contributed by atoms with van der Waals surface area (Å²) >= 11 is 0. The minimum Gasteiger partial charge on any atom is -0.396 e. The highest BCUT2D eigenvalue weighted by molar-refractivity contribution is 5.84. The molecule has 0 atom stereocenters. The summed E-state index contributed by atoms with van der Waals surface area (Å²) in [5.41, 5.74) is 0. The first-order chi connectivity index (χ1) is 8.81. The van der Waals surface area contributed by atoms with Crippen molar-refractivity contribution in [2.45, 2.75) is 6.42 Å². The maximum Gasteiger partial charge on any atom is 0.213 e. The molecule has 1 rings (SSSR count). The van der Waals surface area contributed by atoms with Crippen molar-refractivity contribution in [2.75, 3.05) is 26.6 Å². The molecular formula is C9H14N8O. The fourth-order valence-electron chi connectivity index (χ4n) is 1.32. The largest absolute Gasteiger partial charge is 0.396 e. The van der Waals surface area contributed by atoms with Crippen LogP contribution in [0.3, 0.4) is 0 Å². The molecule has 0 amide bonds. The van der Waals surface area contributed by atoms with E-state index in [9.17, 15) is 0 Å². The van der Waals surface area contributed by atoms with E-state index < -0.39 is 0 Å². The molecule has 1 fully saturated rings. The number of guanidine groups is 1. The zero-order chi connectivity index (χ0) is 13.2. The molecule has 0 aliphatic carbocycles. The summed E-state index contributed by atoms with van der Waals surface area (Å²) in [6.45, 7) is 1.16. The van der Waals surface area contributed by atoms with E-state index in [4.69, 9.17) is 15.6 Å². The highest BCUT2D eigenvalue weighted by Crippen LogP contribution is 1.94. The standard InChI is InChI=1S/C9H14N8O/c10-3-13-8(1-2-18)16-7-17-6-12-5-15-9(17)14-4-11/h12,18H,1-2,5-7H2,(H,13,16)(H,14,15). The van der Waals surface area contributed by atoms with Crippen LogP contribution in [-0.4, -0.2) is 48.4 Å². The third kappa shape index (κ3) is 4.25. The van der Waals surface area contributed by atoms with Crippen molar-refractivity contribution in [3.63, 3.8) is 0 Å². The van der Waals surface area contributed by atoms with E-state index in [1.165, 1.54) is 0 Å². The van der Waals surface area contributed by atoms with Gasteiger partial charge < -0.3 is 15.3 Å². The Bertz CT molecular complexity index is 404. The molecule has 4 N–H and O–H groups in total. The molecule has 1 heterocycles. The van der Waals surface area contributed by atoms with Crippen LogP contribution in [0, 0.1) is 22.9 Å². The number of rotatable bonds is 4. The first-order valence-electron chi connectivity index (χ1n) is 5.27. The van der Waals surface area contributed by atoms with Crippen LogP contribution in [-0.2, 0) is 0 Å². The molecule has 0 bridgehead atoms. The Morgan fingerprint density at radius 1 is 1.56 bits per heavy atom. The average molecular weight is 250 g/mol. The Kier molecular flexibility index (Phi) is 5.97. The monoisotopic (exact) mass is 250 g/mol. The van der Waals surface area contributed by atoms with Crippen LogP contribution in [0.4, 0.5) is 0 Å². The summed E-state index contributed by atoms with van der Waals surface area (Å²) < 4.78 is 0. The summed E-state index contributed by atoms with van der Waals surface area (Å²) in [4.78, 5) is 9.46. The summed E-state index contributed by atoms with van der Waals surface area (Å²) in [7, 11) is 0. The Labute approximate surface area is 104 Å². The summed E-state index contributed by atoms with van der Waals surface area (Å²) in [5.74, 6) is 0.821. The van der Waals surface area contributed by atoms with Gasteiger partial charge in [-0.15, -0.1) is 4.99 Å². The second-order valence-electron chi connectivity index (χ2n) is 3.29. The molecule has 96 valence electrons. The van der Waals surface area contributed by atoms with E-state index in [1.807, 2.05) is 0 Å². The van der Waals surface area contributed by atoms with Crippen LogP contribution < -0.4 is 16.0 Å². The molecule has 1 aliphatic rings. The Morgan fingerprint density at radius 2 is 2.39 bits per heavy atom. The van der Waals surface area contributed by atoms with Crippen LogP contribution in [0.1, 0.15) is 6.42 Å². The maximum absolute atomic E-state index is 8.80. The summed E-state index contributed by atoms with van der Waals surface area (Å²) in [6.07, 6.45) is 3.73. The van der Waals surface area contributed by atoms with Crippen LogP contribution in [0.25, 0.3) is 0 Å². The first-order valence-corrected chi connectivity index (χ1v) is 5.27.